The Balaban J connectivity index is 3.06. The van der Waals surface area contributed by atoms with Gasteiger partial charge in [0.2, 0.25) is 15.9 Å². The van der Waals surface area contributed by atoms with Gasteiger partial charge in [-0.3, -0.25) is 19.1 Å². The molecule has 2 rings (SSSR count). The fourth-order valence-corrected chi connectivity index (χ4v) is 4.21. The van der Waals surface area contributed by atoms with Crippen molar-refractivity contribution in [2.75, 3.05) is 10.1 Å². The molecule has 9 nitrogen and oxygen atoms in total. The van der Waals surface area contributed by atoms with E-state index < -0.39 is 73.0 Å². The lowest BCUT2D eigenvalue weighted by molar-refractivity contribution is -0.143. The van der Waals surface area contributed by atoms with E-state index in [0.29, 0.717) is 19.2 Å². The first kappa shape index (κ1) is 25.8. The highest BCUT2D eigenvalue weighted by Gasteiger charge is 2.40. The molecular formula is C19H18F4N4O5S. The Bertz CT molecular complexity index is 1370. The number of carbonyl (C=O) groups excluding carboxylic acids is 1. The Morgan fingerprint density at radius 1 is 1.24 bits per heavy atom. The Morgan fingerprint density at radius 3 is 2.33 bits per heavy atom. The van der Waals surface area contributed by atoms with E-state index in [1.54, 1.807) is 11.9 Å². The molecule has 0 aliphatic carbocycles. The molecule has 0 bridgehead atoms. The van der Waals surface area contributed by atoms with Crippen LogP contribution in [0.1, 0.15) is 37.9 Å². The van der Waals surface area contributed by atoms with Gasteiger partial charge in [-0.2, -0.15) is 18.4 Å². The summed E-state index contributed by atoms with van der Waals surface area (Å²) in [7, 11) is -3.70. The number of hydrogen-bond acceptors (Lipinski definition) is 6. The van der Waals surface area contributed by atoms with Gasteiger partial charge in [-0.15, -0.1) is 0 Å². The number of sulfonamides is 1. The fraction of sp³-hybridized carbons (Fsp3) is 0.368. The van der Waals surface area contributed by atoms with Crippen molar-refractivity contribution >= 4 is 21.6 Å². The van der Waals surface area contributed by atoms with Crippen molar-refractivity contribution in [3.63, 3.8) is 0 Å². The van der Waals surface area contributed by atoms with Crippen LogP contribution in [0.3, 0.4) is 0 Å². The summed E-state index contributed by atoms with van der Waals surface area (Å²) < 4.78 is 81.5. The number of nitrogens with zero attached hydrogens (tertiary/aromatic N) is 3. The van der Waals surface area contributed by atoms with Gasteiger partial charge in [0.25, 0.3) is 5.56 Å². The quantitative estimate of drug-likeness (QED) is 0.618. The summed E-state index contributed by atoms with van der Waals surface area (Å²) in [4.78, 5) is 38.3. The molecule has 1 N–H and O–H groups in total. The molecular weight excluding hydrogens is 472 g/mol. The summed E-state index contributed by atoms with van der Waals surface area (Å²) in [5.41, 5.74) is -8.54. The third-order valence-corrected chi connectivity index (χ3v) is 6.31. The van der Waals surface area contributed by atoms with Crippen molar-refractivity contribution in [1.82, 2.24) is 9.55 Å². The molecule has 178 valence electrons. The number of nitriles is 1. The van der Waals surface area contributed by atoms with Crippen LogP contribution >= 0.6 is 0 Å². The third kappa shape index (κ3) is 4.82. The summed E-state index contributed by atoms with van der Waals surface area (Å²) in [6, 6.07) is 2.44. The molecule has 0 saturated carbocycles. The zero-order valence-corrected chi connectivity index (χ0v) is 18.4. The summed E-state index contributed by atoms with van der Waals surface area (Å²) >= 11 is 0. The number of H-pyrrole nitrogens is 1. The fourth-order valence-electron chi connectivity index (χ4n) is 3.10. The summed E-state index contributed by atoms with van der Waals surface area (Å²) in [5.74, 6) is -3.09. The Hall–Kier alpha value is -3.47. The molecule has 0 saturated heterocycles. The van der Waals surface area contributed by atoms with Crippen LogP contribution in [-0.4, -0.2) is 29.6 Å². The summed E-state index contributed by atoms with van der Waals surface area (Å²) in [6.07, 6.45) is -5.39. The molecule has 0 spiro atoms. The number of amides is 1. The number of nitrogens with one attached hydrogen (secondary N) is 1. The van der Waals surface area contributed by atoms with Gasteiger partial charge >= 0.3 is 11.9 Å². The smallest absolute Gasteiger partial charge is 0.292 e. The summed E-state index contributed by atoms with van der Waals surface area (Å²) in [6.45, 7) is 2.76. The Morgan fingerprint density at radius 2 is 1.85 bits per heavy atom. The minimum absolute atomic E-state index is 0.0524. The van der Waals surface area contributed by atoms with Gasteiger partial charge in [-0.05, 0) is 25.5 Å². The molecule has 0 aliphatic heterocycles. The molecule has 0 aliphatic rings. The lowest BCUT2D eigenvalue weighted by atomic mass is 10.0. The normalized spacial score (nSPS) is 11.8. The van der Waals surface area contributed by atoms with Crippen LogP contribution in [0.4, 0.5) is 23.2 Å². The van der Waals surface area contributed by atoms with E-state index in [9.17, 15) is 45.6 Å². The van der Waals surface area contributed by atoms with Crippen LogP contribution in [-0.2, 0) is 28.0 Å². The molecule has 1 aromatic heterocycles. The summed E-state index contributed by atoms with van der Waals surface area (Å²) in [5, 5.41) is 9.38. The van der Waals surface area contributed by atoms with E-state index in [4.69, 9.17) is 0 Å². The number of hydrogen-bond donors (Lipinski definition) is 1. The molecule has 2 aromatic rings. The minimum Gasteiger partial charge on any atom is -0.292 e. The molecule has 0 radical (unpaired) electrons. The average Bonchev–Trinajstić information content (AvgIpc) is 2.70. The monoisotopic (exact) mass is 490 g/mol. The number of anilines is 1. The van der Waals surface area contributed by atoms with E-state index >= 15 is 0 Å². The van der Waals surface area contributed by atoms with Crippen LogP contribution < -0.4 is 15.6 Å². The van der Waals surface area contributed by atoms with Gasteiger partial charge in [0.05, 0.1) is 22.6 Å². The number of halogens is 4. The van der Waals surface area contributed by atoms with Crippen LogP contribution in [0.15, 0.2) is 21.7 Å². The maximum absolute atomic E-state index is 14.9. The maximum Gasteiger partial charge on any atom is 0.432 e. The minimum atomic E-state index is -5.29. The molecule has 0 fully saturated rings. The molecule has 0 unspecified atom stereocenters. The van der Waals surface area contributed by atoms with Crippen LogP contribution in [0.25, 0.3) is 11.1 Å². The highest BCUT2D eigenvalue weighted by molar-refractivity contribution is 7.93. The second kappa shape index (κ2) is 9.18. The molecule has 1 aromatic carbocycles. The van der Waals surface area contributed by atoms with Crippen molar-refractivity contribution < 1.29 is 30.8 Å². The number of aromatic amines is 1. The van der Waals surface area contributed by atoms with E-state index in [2.05, 4.69) is 0 Å². The topological polar surface area (TPSA) is 133 Å². The predicted molar refractivity (Wildman–Crippen MR) is 109 cm³/mol. The average molecular weight is 490 g/mol. The zero-order chi connectivity index (χ0) is 25.3. The van der Waals surface area contributed by atoms with Gasteiger partial charge in [-0.25, -0.2) is 21.9 Å². The molecule has 14 heteroatoms. The number of alkyl halides is 3. The lowest BCUT2D eigenvalue weighted by Crippen LogP contribution is -2.38. The van der Waals surface area contributed by atoms with Gasteiger partial charge in [0, 0.05) is 19.0 Å². The highest BCUT2D eigenvalue weighted by Crippen LogP contribution is 2.38. The van der Waals surface area contributed by atoms with Crippen molar-refractivity contribution in [2.24, 2.45) is 7.05 Å². The van der Waals surface area contributed by atoms with Gasteiger partial charge in [0.15, 0.2) is 0 Å². The van der Waals surface area contributed by atoms with Crippen LogP contribution in [0.5, 0.6) is 0 Å². The molecule has 0 atom stereocenters. The highest BCUT2D eigenvalue weighted by atomic mass is 32.2. The lowest BCUT2D eigenvalue weighted by Gasteiger charge is -2.24. The number of rotatable bonds is 6. The van der Waals surface area contributed by atoms with Crippen molar-refractivity contribution in [1.29, 1.82) is 5.26 Å². The Kier molecular flexibility index (Phi) is 7.17. The van der Waals surface area contributed by atoms with E-state index in [1.165, 1.54) is 13.0 Å². The van der Waals surface area contributed by atoms with Gasteiger partial charge < -0.3 is 0 Å². The largest absolute Gasteiger partial charge is 0.432 e. The van der Waals surface area contributed by atoms with Crippen LogP contribution in [0.2, 0.25) is 0 Å². The number of benzene rings is 1. The maximum atomic E-state index is 14.9. The number of aromatic nitrogens is 2. The SMILES string of the molecule is CCCC(=O)N(c1cc(-c2c(C(F)(F)F)n(C)c(=O)[nH]c2=O)c(F)cc1C#N)S(=O)(=O)CC. The first-order valence-electron chi connectivity index (χ1n) is 9.41. The van der Waals surface area contributed by atoms with Gasteiger partial charge in [0.1, 0.15) is 17.6 Å². The van der Waals surface area contributed by atoms with E-state index in [1.807, 2.05) is 0 Å². The predicted octanol–water partition coefficient (Wildman–Crippen LogP) is 2.25. The van der Waals surface area contributed by atoms with Crippen molar-refractivity contribution in [2.45, 2.75) is 32.9 Å². The molecule has 1 amide bonds. The van der Waals surface area contributed by atoms with E-state index in [-0.39, 0.29) is 21.7 Å². The second-order valence-electron chi connectivity index (χ2n) is 6.81. The van der Waals surface area contributed by atoms with E-state index in [0.717, 1.165) is 0 Å². The standard InChI is InChI=1S/C19H18F4N4O5S/c1-4-6-14(28)27(33(31,32)5-2)13-8-11(12(20)7-10(13)9-24)15-16(19(21,22)23)26(3)18(30)25-17(15)29/h7-8H,4-6H2,1-3H3,(H,25,29,30). The Labute approximate surface area is 184 Å². The van der Waals surface area contributed by atoms with Crippen molar-refractivity contribution in [3.05, 3.63) is 50.0 Å². The van der Waals surface area contributed by atoms with Gasteiger partial charge in [-0.1, -0.05) is 6.92 Å². The molecule has 1 heterocycles. The second-order valence-corrected chi connectivity index (χ2v) is 8.92. The van der Waals surface area contributed by atoms with Crippen LogP contribution in [0, 0.1) is 17.1 Å². The molecule has 33 heavy (non-hydrogen) atoms. The first-order valence-corrected chi connectivity index (χ1v) is 11.0. The first-order chi connectivity index (χ1) is 15.2. The zero-order valence-electron chi connectivity index (χ0n) is 17.6. The van der Waals surface area contributed by atoms with Crippen molar-refractivity contribution in [3.8, 4) is 17.2 Å². The third-order valence-electron chi connectivity index (χ3n) is 4.62. The number of carbonyl (C=O) groups is 1.